The van der Waals surface area contributed by atoms with Gasteiger partial charge in [0.15, 0.2) is 0 Å². The molecule has 0 bridgehead atoms. The molecule has 0 fully saturated rings. The highest BCUT2D eigenvalue weighted by Crippen LogP contribution is 2.07. The number of ether oxygens (including phenoxy) is 1. The van der Waals surface area contributed by atoms with Gasteiger partial charge in [0.1, 0.15) is 18.5 Å². The molecule has 1 atom stereocenters. The van der Waals surface area contributed by atoms with Crippen molar-refractivity contribution in [3.8, 4) is 5.75 Å². The fraction of sp³-hybridized carbons (Fsp3) is 0.333. The molecule has 0 saturated heterocycles. The monoisotopic (exact) mass is 198 g/mol. The van der Waals surface area contributed by atoms with Crippen LogP contribution in [0.5, 0.6) is 5.75 Å². The van der Waals surface area contributed by atoms with Crippen LogP contribution in [0.15, 0.2) is 24.3 Å². The van der Waals surface area contributed by atoms with E-state index in [0.29, 0.717) is 0 Å². The summed E-state index contributed by atoms with van der Waals surface area (Å²) in [7, 11) is 1.03. The Morgan fingerprint density at radius 1 is 1.31 bits per heavy atom. The Morgan fingerprint density at radius 3 is 2.46 bits per heavy atom. The zero-order valence-corrected chi connectivity index (χ0v) is 9.60. The summed E-state index contributed by atoms with van der Waals surface area (Å²) >= 11 is 0. The first-order chi connectivity index (χ1) is 6.22. The predicted molar refractivity (Wildman–Crippen MR) is 54.6 cm³/mol. The van der Waals surface area contributed by atoms with Gasteiger partial charge >= 0.3 is 0 Å². The number of rotatable bonds is 4. The summed E-state index contributed by atoms with van der Waals surface area (Å²) in [5.74, 6) is 0.729. The zero-order chi connectivity index (χ0) is 9.68. The molecule has 2 N–H and O–H groups in total. The van der Waals surface area contributed by atoms with Gasteiger partial charge in [0, 0.05) is 10.2 Å². The second-order valence-electron chi connectivity index (χ2n) is 2.96. The lowest BCUT2D eigenvalue weighted by atomic mass is 10.3. The van der Waals surface area contributed by atoms with Gasteiger partial charge in [-0.1, -0.05) is 17.3 Å². The lowest BCUT2D eigenvalue weighted by Gasteiger charge is -2.09. The first-order valence-corrected chi connectivity index (χ1v) is 5.21. The molecule has 0 saturated carbocycles. The summed E-state index contributed by atoms with van der Waals surface area (Å²) < 4.78 is 5.22. The van der Waals surface area contributed by atoms with Gasteiger partial charge in [-0.3, -0.25) is 0 Å². The summed E-state index contributed by atoms with van der Waals surface area (Å²) in [4.78, 5) is 0. The van der Waals surface area contributed by atoms with E-state index >= 15 is 0 Å². The van der Waals surface area contributed by atoms with E-state index in [0.717, 1.165) is 16.0 Å². The first-order valence-electron chi connectivity index (χ1n) is 4.21. The fourth-order valence-corrected chi connectivity index (χ4v) is 1.21. The van der Waals surface area contributed by atoms with Crippen LogP contribution in [0.2, 0.25) is 0 Å². The minimum atomic E-state index is -0.796. The Balaban J connectivity index is 2.41. The van der Waals surface area contributed by atoms with E-state index in [4.69, 9.17) is 14.9 Å². The van der Waals surface area contributed by atoms with Crippen LogP contribution in [0.25, 0.3) is 0 Å². The molecule has 1 aromatic carbocycles. The largest absolute Gasteiger partial charge is 0.491 e. The first kappa shape index (κ1) is 10.2. The average Bonchev–Trinajstić information content (AvgIpc) is 2.16. The molecule has 1 unspecified atom stereocenters. The number of aliphatic hydroxyl groups excluding tert-OH is 2. The molecule has 0 heterocycles. The molecular formula is C9H14O3Si. The maximum absolute atomic E-state index is 9.01. The second-order valence-corrected chi connectivity index (χ2v) is 4.12. The molecule has 1 aromatic rings. The summed E-state index contributed by atoms with van der Waals surface area (Å²) in [5.41, 5.74) is 0. The lowest BCUT2D eigenvalue weighted by molar-refractivity contribution is 0.0536. The topological polar surface area (TPSA) is 49.7 Å². The Bertz CT molecular complexity index is 248. The fourth-order valence-electron chi connectivity index (χ4n) is 0.880. The van der Waals surface area contributed by atoms with Crippen molar-refractivity contribution in [1.29, 1.82) is 0 Å². The minimum absolute atomic E-state index is 0.136. The van der Waals surface area contributed by atoms with E-state index in [9.17, 15) is 0 Å². The lowest BCUT2D eigenvalue weighted by Crippen LogP contribution is -2.21. The SMILES string of the molecule is OCC(O)COc1ccc([SiH3])cc1. The van der Waals surface area contributed by atoms with Crippen molar-refractivity contribution in [2.75, 3.05) is 13.2 Å². The molecule has 4 heteroatoms. The van der Waals surface area contributed by atoms with Gasteiger partial charge in [0.2, 0.25) is 0 Å². The third-order valence-electron chi connectivity index (χ3n) is 1.67. The molecule has 0 aliphatic heterocycles. The molecule has 0 radical (unpaired) electrons. The van der Waals surface area contributed by atoms with Gasteiger partial charge in [-0.05, 0) is 12.1 Å². The summed E-state index contributed by atoms with van der Waals surface area (Å²) in [6.45, 7) is -0.129. The van der Waals surface area contributed by atoms with Gasteiger partial charge in [0.25, 0.3) is 0 Å². The van der Waals surface area contributed by atoms with Crippen LogP contribution in [0.4, 0.5) is 0 Å². The highest BCUT2D eigenvalue weighted by Gasteiger charge is 2.01. The van der Waals surface area contributed by atoms with Gasteiger partial charge < -0.3 is 14.9 Å². The number of hydrogen-bond acceptors (Lipinski definition) is 3. The van der Waals surface area contributed by atoms with Gasteiger partial charge in [0.05, 0.1) is 6.61 Å². The van der Waals surface area contributed by atoms with Crippen LogP contribution in [0.3, 0.4) is 0 Å². The molecular weight excluding hydrogens is 184 g/mol. The Kier molecular flexibility index (Phi) is 3.95. The van der Waals surface area contributed by atoms with Crippen LogP contribution in [0.1, 0.15) is 0 Å². The van der Waals surface area contributed by atoms with Crippen molar-refractivity contribution >= 4 is 15.4 Å². The molecule has 3 nitrogen and oxygen atoms in total. The molecule has 0 spiro atoms. The quantitative estimate of drug-likeness (QED) is 0.574. The third-order valence-corrected chi connectivity index (χ3v) is 2.34. The summed E-state index contributed by atoms with van der Waals surface area (Å²) in [5, 5.41) is 18.8. The van der Waals surface area contributed by atoms with E-state index in [1.54, 1.807) is 0 Å². The van der Waals surface area contributed by atoms with Gasteiger partial charge in [-0.2, -0.15) is 0 Å². The molecule has 0 aromatic heterocycles. The molecule has 0 aliphatic rings. The molecule has 72 valence electrons. The Labute approximate surface area is 80.4 Å². The van der Waals surface area contributed by atoms with Crippen molar-refractivity contribution in [3.63, 3.8) is 0 Å². The van der Waals surface area contributed by atoms with Gasteiger partial charge in [-0.25, -0.2) is 0 Å². The highest BCUT2D eigenvalue weighted by molar-refractivity contribution is 6.32. The highest BCUT2D eigenvalue weighted by atomic mass is 28.1. The Hall–Kier alpha value is -0.843. The molecule has 0 aliphatic carbocycles. The smallest absolute Gasteiger partial charge is 0.119 e. The maximum atomic E-state index is 9.01. The number of hydrogen-bond donors (Lipinski definition) is 2. The Morgan fingerprint density at radius 2 is 1.92 bits per heavy atom. The normalized spacial score (nSPS) is 12.8. The van der Waals surface area contributed by atoms with Crippen molar-refractivity contribution in [2.24, 2.45) is 0 Å². The maximum Gasteiger partial charge on any atom is 0.119 e. The van der Waals surface area contributed by atoms with Crippen molar-refractivity contribution in [2.45, 2.75) is 6.10 Å². The molecule has 13 heavy (non-hydrogen) atoms. The van der Waals surface area contributed by atoms with Crippen LogP contribution in [0, 0.1) is 0 Å². The molecule has 1 rings (SSSR count). The standard InChI is InChI=1S/C9H14O3Si/c10-5-7(11)6-12-8-1-3-9(13)4-2-8/h1-4,7,10-11H,5-6H2,13H3. The van der Waals surface area contributed by atoms with Crippen LogP contribution < -0.4 is 9.92 Å². The average molecular weight is 198 g/mol. The van der Waals surface area contributed by atoms with E-state index in [-0.39, 0.29) is 13.2 Å². The third kappa shape index (κ3) is 3.58. The summed E-state index contributed by atoms with van der Waals surface area (Å²) in [6, 6.07) is 7.72. The van der Waals surface area contributed by atoms with Crippen molar-refractivity contribution in [1.82, 2.24) is 0 Å². The van der Waals surface area contributed by atoms with E-state index in [1.807, 2.05) is 24.3 Å². The van der Waals surface area contributed by atoms with Crippen molar-refractivity contribution in [3.05, 3.63) is 24.3 Å². The van der Waals surface area contributed by atoms with Crippen LogP contribution in [-0.4, -0.2) is 39.8 Å². The molecule has 0 amide bonds. The predicted octanol–water partition coefficient (Wildman–Crippen LogP) is -1.59. The van der Waals surface area contributed by atoms with Crippen molar-refractivity contribution < 1.29 is 14.9 Å². The van der Waals surface area contributed by atoms with E-state index in [1.165, 1.54) is 5.19 Å². The summed E-state index contributed by atoms with van der Waals surface area (Å²) in [6.07, 6.45) is -0.796. The number of benzene rings is 1. The van der Waals surface area contributed by atoms with Gasteiger partial charge in [-0.15, -0.1) is 0 Å². The van der Waals surface area contributed by atoms with Crippen LogP contribution >= 0.6 is 0 Å². The van der Waals surface area contributed by atoms with E-state index in [2.05, 4.69) is 0 Å². The van der Waals surface area contributed by atoms with Crippen LogP contribution in [-0.2, 0) is 0 Å². The minimum Gasteiger partial charge on any atom is -0.491 e. The zero-order valence-electron chi connectivity index (χ0n) is 7.60. The second kappa shape index (κ2) is 5.01. The number of aliphatic hydroxyl groups is 2. The van der Waals surface area contributed by atoms with E-state index < -0.39 is 6.10 Å².